The maximum atomic E-state index is 13.9. The fraction of sp³-hybridized carbons (Fsp3) is 0.409. The van der Waals surface area contributed by atoms with Crippen molar-refractivity contribution in [1.82, 2.24) is 0 Å². The number of phenolic OH excluding ortho intramolecular Hbond substituents is 1. The SMILES string of the molecule is CC(C)(C)[N+]1(Cc2ccc(F)c(F)c2)Cc2ccc(O)c([Si](C)(C)C)c2C1=O. The van der Waals surface area contributed by atoms with E-state index < -0.39 is 25.2 Å². The zero-order chi connectivity index (χ0) is 21.1. The molecule has 1 amide bonds. The van der Waals surface area contributed by atoms with Gasteiger partial charge in [-0.15, -0.1) is 0 Å². The summed E-state index contributed by atoms with van der Waals surface area (Å²) in [6.45, 7) is 13.0. The van der Waals surface area contributed by atoms with E-state index in [1.54, 1.807) is 6.07 Å². The summed E-state index contributed by atoms with van der Waals surface area (Å²) >= 11 is 0. The third-order valence-corrected chi connectivity index (χ3v) is 7.79. The quantitative estimate of drug-likeness (QED) is 0.595. The van der Waals surface area contributed by atoms with Gasteiger partial charge in [0.2, 0.25) is 0 Å². The normalized spacial score (nSPS) is 19.8. The van der Waals surface area contributed by atoms with E-state index >= 15 is 0 Å². The third kappa shape index (κ3) is 3.18. The zero-order valence-electron chi connectivity index (χ0n) is 17.4. The van der Waals surface area contributed by atoms with E-state index in [4.69, 9.17) is 0 Å². The number of carbonyl (C=O) groups excluding carboxylic acids is 1. The Labute approximate surface area is 166 Å². The molecule has 1 aliphatic rings. The summed E-state index contributed by atoms with van der Waals surface area (Å²) in [6.07, 6.45) is 0. The van der Waals surface area contributed by atoms with Crippen molar-refractivity contribution in [1.29, 1.82) is 0 Å². The van der Waals surface area contributed by atoms with Crippen LogP contribution in [0.2, 0.25) is 19.6 Å². The van der Waals surface area contributed by atoms with Gasteiger partial charge >= 0.3 is 5.91 Å². The number of aromatic hydroxyl groups is 1. The molecule has 3 rings (SSSR count). The van der Waals surface area contributed by atoms with Crippen LogP contribution in [0, 0.1) is 11.6 Å². The molecule has 6 heteroatoms. The molecule has 150 valence electrons. The summed E-state index contributed by atoms with van der Waals surface area (Å²) in [5, 5.41) is 11.3. The Morgan fingerprint density at radius 1 is 1.07 bits per heavy atom. The number of quaternary nitrogens is 1. The minimum absolute atomic E-state index is 0.0550. The minimum atomic E-state index is -2.00. The van der Waals surface area contributed by atoms with E-state index in [2.05, 4.69) is 19.6 Å². The van der Waals surface area contributed by atoms with Gasteiger partial charge in [0.15, 0.2) is 11.6 Å². The predicted molar refractivity (Wildman–Crippen MR) is 109 cm³/mol. The van der Waals surface area contributed by atoms with Gasteiger partial charge in [-0.3, -0.25) is 0 Å². The van der Waals surface area contributed by atoms with Crippen molar-refractivity contribution in [2.24, 2.45) is 0 Å². The van der Waals surface area contributed by atoms with Gasteiger partial charge in [0.1, 0.15) is 18.8 Å². The molecule has 0 saturated carbocycles. The van der Waals surface area contributed by atoms with E-state index in [9.17, 15) is 18.7 Å². The van der Waals surface area contributed by atoms with Crippen LogP contribution in [0.5, 0.6) is 5.75 Å². The van der Waals surface area contributed by atoms with Crippen molar-refractivity contribution in [3.05, 3.63) is 58.7 Å². The molecule has 3 nitrogen and oxygen atoms in total. The van der Waals surface area contributed by atoms with Crippen LogP contribution in [-0.4, -0.2) is 29.1 Å². The first kappa shape index (κ1) is 20.7. The number of rotatable bonds is 3. The van der Waals surface area contributed by atoms with Crippen LogP contribution in [0.25, 0.3) is 0 Å². The molecular weight excluding hydrogens is 376 g/mol. The van der Waals surface area contributed by atoms with Gasteiger partial charge in [-0.2, -0.15) is 0 Å². The fourth-order valence-electron chi connectivity index (χ4n) is 4.20. The highest BCUT2D eigenvalue weighted by molar-refractivity contribution is 6.90. The monoisotopic (exact) mass is 404 g/mol. The third-order valence-electron chi connectivity index (χ3n) is 5.78. The molecule has 2 aromatic carbocycles. The van der Waals surface area contributed by atoms with Crippen LogP contribution in [0.4, 0.5) is 8.78 Å². The maximum Gasteiger partial charge on any atom is 0.347 e. The van der Waals surface area contributed by atoms with Crippen LogP contribution in [0.3, 0.4) is 0 Å². The first-order valence-electron chi connectivity index (χ1n) is 9.49. The molecule has 1 aliphatic heterocycles. The summed E-state index contributed by atoms with van der Waals surface area (Å²) in [6, 6.07) is 7.32. The van der Waals surface area contributed by atoms with Gasteiger partial charge in [-0.1, -0.05) is 25.7 Å². The zero-order valence-corrected chi connectivity index (χ0v) is 18.4. The van der Waals surface area contributed by atoms with Crippen molar-refractivity contribution in [2.75, 3.05) is 0 Å². The lowest BCUT2D eigenvalue weighted by atomic mass is 9.99. The average Bonchev–Trinajstić information content (AvgIpc) is 2.83. The molecule has 1 unspecified atom stereocenters. The second-order valence-electron chi connectivity index (χ2n) is 9.75. The van der Waals surface area contributed by atoms with E-state index in [1.165, 1.54) is 12.1 Å². The first-order valence-corrected chi connectivity index (χ1v) is 13.0. The smallest absolute Gasteiger partial charge is 0.347 e. The van der Waals surface area contributed by atoms with Crippen molar-refractivity contribution in [3.8, 4) is 5.75 Å². The minimum Gasteiger partial charge on any atom is -0.508 e. The van der Waals surface area contributed by atoms with Gasteiger partial charge in [0.25, 0.3) is 0 Å². The second kappa shape index (κ2) is 6.49. The predicted octanol–water partition coefficient (Wildman–Crippen LogP) is 4.68. The molecule has 1 N–H and O–H groups in total. The molecule has 0 aliphatic carbocycles. The lowest BCUT2D eigenvalue weighted by molar-refractivity contribution is -0.917. The molecule has 2 aromatic rings. The molecule has 0 spiro atoms. The van der Waals surface area contributed by atoms with Gasteiger partial charge < -0.3 is 5.11 Å². The molecule has 1 atom stereocenters. The molecule has 1 heterocycles. The van der Waals surface area contributed by atoms with Crippen molar-refractivity contribution in [3.63, 3.8) is 0 Å². The van der Waals surface area contributed by atoms with Crippen LogP contribution >= 0.6 is 0 Å². The summed E-state index contributed by atoms with van der Waals surface area (Å²) in [4.78, 5) is 13.9. The summed E-state index contributed by atoms with van der Waals surface area (Å²) in [5.41, 5.74) is 1.65. The summed E-state index contributed by atoms with van der Waals surface area (Å²) in [5.74, 6) is -1.68. The number of fused-ring (bicyclic) bond motifs is 1. The van der Waals surface area contributed by atoms with E-state index in [0.29, 0.717) is 17.7 Å². The number of halogens is 2. The Morgan fingerprint density at radius 3 is 2.25 bits per heavy atom. The van der Waals surface area contributed by atoms with Gasteiger partial charge in [-0.05, 0) is 50.2 Å². The molecular formula is C22H28F2NO2Si+. The molecule has 28 heavy (non-hydrogen) atoms. The Balaban J connectivity index is 2.18. The van der Waals surface area contributed by atoms with Crippen molar-refractivity contribution >= 4 is 19.2 Å². The van der Waals surface area contributed by atoms with Gasteiger partial charge in [0, 0.05) is 11.1 Å². The van der Waals surface area contributed by atoms with E-state index in [-0.39, 0.29) is 22.7 Å². The first-order chi connectivity index (χ1) is 12.8. The Kier molecular flexibility index (Phi) is 4.79. The lowest BCUT2D eigenvalue weighted by Gasteiger charge is -2.43. The highest BCUT2D eigenvalue weighted by atomic mass is 28.3. The average molecular weight is 405 g/mol. The standard InChI is InChI=1S/C22H27F2NO2Si/c1-22(2,3)25(12-14-7-9-16(23)17(24)11-14)13-15-8-10-18(26)20(28(4,5)6)19(15)21(25)27/h7-11H,12-13H2,1-6H3/p+1. The molecule has 0 saturated heterocycles. The number of amides is 1. The largest absolute Gasteiger partial charge is 0.508 e. The Morgan fingerprint density at radius 2 is 1.71 bits per heavy atom. The van der Waals surface area contributed by atoms with Crippen LogP contribution in [0.15, 0.2) is 30.3 Å². The van der Waals surface area contributed by atoms with Crippen LogP contribution < -0.4 is 5.19 Å². The van der Waals surface area contributed by atoms with Gasteiger partial charge in [-0.25, -0.2) is 18.1 Å². The van der Waals surface area contributed by atoms with Crippen molar-refractivity contribution in [2.45, 2.75) is 59.0 Å². The number of hydrogen-bond acceptors (Lipinski definition) is 2. The van der Waals surface area contributed by atoms with Crippen molar-refractivity contribution < 1.29 is 23.2 Å². The number of nitrogens with zero attached hydrogens (tertiary/aromatic N) is 1. The van der Waals surface area contributed by atoms with E-state index in [1.807, 2.05) is 26.8 Å². The number of phenols is 1. The van der Waals surface area contributed by atoms with E-state index in [0.717, 1.165) is 16.8 Å². The number of carbonyl (C=O) groups is 1. The van der Waals surface area contributed by atoms with Crippen LogP contribution in [-0.2, 0) is 13.1 Å². The summed E-state index contributed by atoms with van der Waals surface area (Å²) in [7, 11) is -2.00. The van der Waals surface area contributed by atoms with Crippen LogP contribution in [0.1, 0.15) is 42.3 Å². The number of hydrogen-bond donors (Lipinski definition) is 1. The lowest BCUT2D eigenvalue weighted by Crippen LogP contribution is -2.60. The Hall–Kier alpha value is -2.05. The fourth-order valence-corrected chi connectivity index (χ4v) is 6.07. The molecule has 0 aromatic heterocycles. The Bertz CT molecular complexity index is 960. The molecule has 0 radical (unpaired) electrons. The molecule has 0 bridgehead atoms. The van der Waals surface area contributed by atoms with Gasteiger partial charge in [0.05, 0.1) is 19.2 Å². The number of benzene rings is 2. The molecule has 0 fully saturated rings. The highest BCUT2D eigenvalue weighted by Gasteiger charge is 2.55. The highest BCUT2D eigenvalue weighted by Crippen LogP contribution is 2.41. The summed E-state index contributed by atoms with van der Waals surface area (Å²) < 4.78 is 27.3. The maximum absolute atomic E-state index is 13.9. The second-order valence-corrected chi connectivity index (χ2v) is 14.8. The topological polar surface area (TPSA) is 37.3 Å².